The highest BCUT2D eigenvalue weighted by Crippen LogP contribution is 2.17. The number of hydrogen-bond donors (Lipinski definition) is 1. The summed E-state index contributed by atoms with van der Waals surface area (Å²) in [6.07, 6.45) is -2.01. The van der Waals surface area contributed by atoms with Crippen molar-refractivity contribution >= 4 is 18.2 Å². The number of carbonyl (C=O) groups excluding carboxylic acids is 2. The molecule has 1 fully saturated rings. The number of rotatable bonds is 1. The zero-order valence-electron chi connectivity index (χ0n) is 9.22. The van der Waals surface area contributed by atoms with Gasteiger partial charge in [0.1, 0.15) is 12.2 Å². The molecule has 1 heterocycles. The number of ether oxygens (including phenoxy) is 2. The molecule has 0 unspecified atom stereocenters. The normalized spacial score (nSPS) is 20.6. The van der Waals surface area contributed by atoms with Crippen molar-refractivity contribution in [3.05, 3.63) is 0 Å². The van der Waals surface area contributed by atoms with Gasteiger partial charge < -0.3 is 14.6 Å². The van der Waals surface area contributed by atoms with E-state index in [0.29, 0.717) is 4.90 Å². The van der Waals surface area contributed by atoms with Gasteiger partial charge in [0.2, 0.25) is 0 Å². The van der Waals surface area contributed by atoms with Crippen LogP contribution in [0.25, 0.3) is 0 Å². The molecule has 1 N–H and O–H groups in total. The second kappa shape index (κ2) is 3.99. The SMILES string of the molecule is CC(C)(C)OC(=O)N1C(=O)OC[C@@H]1C(=O)O. The highest BCUT2D eigenvalue weighted by molar-refractivity contribution is 5.95. The molecule has 0 aromatic carbocycles. The van der Waals surface area contributed by atoms with Crippen LogP contribution in [-0.2, 0) is 14.3 Å². The van der Waals surface area contributed by atoms with Gasteiger partial charge in [-0.3, -0.25) is 0 Å². The highest BCUT2D eigenvalue weighted by atomic mass is 16.6. The minimum Gasteiger partial charge on any atom is -0.480 e. The Labute approximate surface area is 91.9 Å². The summed E-state index contributed by atoms with van der Waals surface area (Å²) in [4.78, 5) is 33.9. The van der Waals surface area contributed by atoms with Crippen LogP contribution in [0.3, 0.4) is 0 Å². The number of aliphatic carboxylic acids is 1. The van der Waals surface area contributed by atoms with Crippen LogP contribution in [-0.4, -0.2) is 46.4 Å². The molecule has 7 heteroatoms. The number of amides is 2. The average Bonchev–Trinajstić information content (AvgIpc) is 2.43. The molecule has 1 rings (SSSR count). The lowest BCUT2D eigenvalue weighted by Crippen LogP contribution is -2.45. The van der Waals surface area contributed by atoms with Crippen LogP contribution in [0.4, 0.5) is 9.59 Å². The third-order valence-corrected chi connectivity index (χ3v) is 1.75. The minimum absolute atomic E-state index is 0.354. The Kier molecular flexibility index (Phi) is 3.06. The molecule has 0 spiro atoms. The van der Waals surface area contributed by atoms with Gasteiger partial charge in [-0.1, -0.05) is 0 Å². The largest absolute Gasteiger partial charge is 0.480 e. The van der Waals surface area contributed by atoms with Crippen molar-refractivity contribution < 1.29 is 29.0 Å². The molecular weight excluding hydrogens is 218 g/mol. The van der Waals surface area contributed by atoms with Crippen molar-refractivity contribution in [2.24, 2.45) is 0 Å². The molecule has 0 bridgehead atoms. The second-order valence-corrected chi connectivity index (χ2v) is 4.28. The molecule has 1 atom stereocenters. The summed E-state index contributed by atoms with van der Waals surface area (Å²) in [7, 11) is 0. The maximum Gasteiger partial charge on any atom is 0.420 e. The number of carboxylic acid groups (broad SMARTS) is 1. The molecule has 7 nitrogen and oxygen atoms in total. The van der Waals surface area contributed by atoms with Gasteiger partial charge in [0.25, 0.3) is 0 Å². The van der Waals surface area contributed by atoms with Gasteiger partial charge in [0.15, 0.2) is 6.04 Å². The zero-order chi connectivity index (χ0) is 12.5. The van der Waals surface area contributed by atoms with Gasteiger partial charge in [-0.25, -0.2) is 14.4 Å². The van der Waals surface area contributed by atoms with Crippen molar-refractivity contribution in [2.75, 3.05) is 6.61 Å². The molecule has 90 valence electrons. The first-order chi connectivity index (χ1) is 7.22. The predicted octanol–water partition coefficient (Wildman–Crippen LogP) is 0.827. The predicted molar refractivity (Wildman–Crippen MR) is 50.8 cm³/mol. The molecule has 0 saturated carbocycles. The van der Waals surface area contributed by atoms with Gasteiger partial charge in [-0.15, -0.1) is 0 Å². The van der Waals surface area contributed by atoms with E-state index in [1.807, 2.05) is 0 Å². The van der Waals surface area contributed by atoms with Crippen molar-refractivity contribution in [2.45, 2.75) is 32.4 Å². The van der Waals surface area contributed by atoms with E-state index in [2.05, 4.69) is 4.74 Å². The fraction of sp³-hybridized carbons (Fsp3) is 0.667. The van der Waals surface area contributed by atoms with Gasteiger partial charge in [0, 0.05) is 0 Å². The maximum absolute atomic E-state index is 11.5. The average molecular weight is 231 g/mol. The Balaban J connectivity index is 2.80. The number of carbonyl (C=O) groups is 3. The van der Waals surface area contributed by atoms with E-state index in [0.717, 1.165) is 0 Å². The van der Waals surface area contributed by atoms with E-state index in [4.69, 9.17) is 9.84 Å². The van der Waals surface area contributed by atoms with E-state index in [1.165, 1.54) is 0 Å². The number of imide groups is 1. The van der Waals surface area contributed by atoms with Crippen molar-refractivity contribution in [3.8, 4) is 0 Å². The van der Waals surface area contributed by atoms with Crippen LogP contribution in [0, 0.1) is 0 Å². The molecule has 0 radical (unpaired) electrons. The van der Waals surface area contributed by atoms with E-state index in [-0.39, 0.29) is 6.61 Å². The van der Waals surface area contributed by atoms with E-state index >= 15 is 0 Å². The van der Waals surface area contributed by atoms with Gasteiger partial charge >= 0.3 is 18.2 Å². The van der Waals surface area contributed by atoms with Crippen molar-refractivity contribution in [3.63, 3.8) is 0 Å². The van der Waals surface area contributed by atoms with Crippen LogP contribution < -0.4 is 0 Å². The first-order valence-corrected chi connectivity index (χ1v) is 4.64. The van der Waals surface area contributed by atoms with E-state index in [9.17, 15) is 14.4 Å². The zero-order valence-corrected chi connectivity index (χ0v) is 9.22. The third kappa shape index (κ3) is 2.62. The highest BCUT2D eigenvalue weighted by Gasteiger charge is 2.44. The van der Waals surface area contributed by atoms with Crippen molar-refractivity contribution in [1.82, 2.24) is 4.90 Å². The lowest BCUT2D eigenvalue weighted by atomic mass is 10.2. The monoisotopic (exact) mass is 231 g/mol. The molecule has 0 aliphatic carbocycles. The van der Waals surface area contributed by atoms with Crippen LogP contribution in [0.5, 0.6) is 0 Å². The Morgan fingerprint density at radius 2 is 2.06 bits per heavy atom. The number of cyclic esters (lactones) is 1. The Morgan fingerprint density at radius 3 is 2.50 bits per heavy atom. The lowest BCUT2D eigenvalue weighted by molar-refractivity contribution is -0.141. The molecule has 0 aromatic rings. The van der Waals surface area contributed by atoms with Crippen LogP contribution in [0.2, 0.25) is 0 Å². The van der Waals surface area contributed by atoms with Crippen LogP contribution in [0.15, 0.2) is 0 Å². The summed E-state index contributed by atoms with van der Waals surface area (Å²) in [5.74, 6) is -1.31. The Hall–Kier alpha value is -1.79. The lowest BCUT2D eigenvalue weighted by Gasteiger charge is -2.23. The molecule has 16 heavy (non-hydrogen) atoms. The van der Waals surface area contributed by atoms with Gasteiger partial charge in [0.05, 0.1) is 0 Å². The third-order valence-electron chi connectivity index (χ3n) is 1.75. The van der Waals surface area contributed by atoms with Gasteiger partial charge in [-0.2, -0.15) is 4.90 Å². The molecule has 2 amide bonds. The summed E-state index contributed by atoms with van der Waals surface area (Å²) in [6, 6.07) is -1.32. The fourth-order valence-electron chi connectivity index (χ4n) is 1.12. The van der Waals surface area contributed by atoms with Crippen LogP contribution >= 0.6 is 0 Å². The molecule has 0 aromatic heterocycles. The first-order valence-electron chi connectivity index (χ1n) is 4.64. The number of carboxylic acids is 1. The number of hydrogen-bond acceptors (Lipinski definition) is 5. The fourth-order valence-corrected chi connectivity index (χ4v) is 1.12. The summed E-state index contributed by atoms with van der Waals surface area (Å²) in [6.45, 7) is 4.49. The summed E-state index contributed by atoms with van der Waals surface area (Å²) in [5.41, 5.74) is -0.803. The summed E-state index contributed by atoms with van der Waals surface area (Å²) in [5, 5.41) is 8.77. The first kappa shape index (κ1) is 12.3. The molecule has 1 saturated heterocycles. The Bertz CT molecular complexity index is 331. The Morgan fingerprint density at radius 1 is 1.50 bits per heavy atom. The number of nitrogens with zero attached hydrogens (tertiary/aromatic N) is 1. The topological polar surface area (TPSA) is 93.1 Å². The molecule has 1 aliphatic rings. The quantitative estimate of drug-likeness (QED) is 0.718. The van der Waals surface area contributed by atoms with Gasteiger partial charge in [-0.05, 0) is 20.8 Å². The minimum atomic E-state index is -1.32. The van der Waals surface area contributed by atoms with E-state index < -0.39 is 29.8 Å². The second-order valence-electron chi connectivity index (χ2n) is 4.28. The smallest absolute Gasteiger partial charge is 0.420 e. The standard InChI is InChI=1S/C9H13NO6/c1-9(2,3)16-8(14)10-5(6(11)12)4-15-7(10)13/h5H,4H2,1-3H3,(H,11,12)/t5-/m1/s1. The molecular formula is C9H13NO6. The van der Waals surface area contributed by atoms with Crippen LogP contribution in [0.1, 0.15) is 20.8 Å². The van der Waals surface area contributed by atoms with Crippen molar-refractivity contribution in [1.29, 1.82) is 0 Å². The maximum atomic E-state index is 11.5. The molecule has 1 aliphatic heterocycles. The van der Waals surface area contributed by atoms with E-state index in [1.54, 1.807) is 20.8 Å². The summed E-state index contributed by atoms with van der Waals surface area (Å²) < 4.78 is 9.38. The summed E-state index contributed by atoms with van der Waals surface area (Å²) >= 11 is 0.